The number of rotatable bonds is 6. The van der Waals surface area contributed by atoms with Crippen molar-refractivity contribution in [3.8, 4) is 0 Å². The van der Waals surface area contributed by atoms with Crippen molar-refractivity contribution in [1.82, 2.24) is 5.32 Å². The molecule has 0 aromatic heterocycles. The van der Waals surface area contributed by atoms with Gasteiger partial charge in [0.1, 0.15) is 5.76 Å². The molecular weight excluding hydrogens is 328 g/mol. The van der Waals surface area contributed by atoms with Gasteiger partial charge in [-0.2, -0.15) is 0 Å². The highest BCUT2D eigenvalue weighted by Gasteiger charge is 2.19. The first-order valence-electron chi connectivity index (χ1n) is 7.72. The van der Waals surface area contributed by atoms with E-state index in [0.29, 0.717) is 11.3 Å². The van der Waals surface area contributed by atoms with Crippen molar-refractivity contribution >= 4 is 35.2 Å². The van der Waals surface area contributed by atoms with Gasteiger partial charge in [0.15, 0.2) is 5.78 Å². The lowest BCUT2D eigenvalue weighted by molar-refractivity contribution is -0.117. The highest BCUT2D eigenvalue weighted by atomic mass is 35.5. The molecule has 0 saturated carbocycles. The maximum absolute atomic E-state index is 12.3. The number of nitrogens with zero attached hydrogens (tertiary/aromatic N) is 1. The van der Waals surface area contributed by atoms with Gasteiger partial charge in [-0.05, 0) is 12.1 Å². The molecular formula is C18H23ClN2O3. The van der Waals surface area contributed by atoms with Crippen molar-refractivity contribution in [3.05, 3.63) is 40.1 Å². The quantitative estimate of drug-likeness (QED) is 0.460. The third-order valence-electron chi connectivity index (χ3n) is 3.40. The molecule has 0 bridgehead atoms. The van der Waals surface area contributed by atoms with Crippen LogP contribution in [0, 0.1) is 11.8 Å². The second-order valence-electron chi connectivity index (χ2n) is 5.95. The number of allylic oxidation sites excluding steroid dienone is 2. The number of carbonyl (C=O) groups excluding carboxylic acids is 2. The minimum atomic E-state index is -0.323. The molecule has 1 aromatic rings. The summed E-state index contributed by atoms with van der Waals surface area (Å²) in [5.74, 6) is -1.03. The van der Waals surface area contributed by atoms with Crippen LogP contribution in [0.4, 0.5) is 5.69 Å². The minimum Gasteiger partial charge on any atom is -0.511 e. The van der Waals surface area contributed by atoms with E-state index >= 15 is 0 Å². The molecule has 0 aliphatic carbocycles. The number of halogens is 1. The second kappa shape index (κ2) is 8.64. The summed E-state index contributed by atoms with van der Waals surface area (Å²) in [7, 11) is 1.51. The Morgan fingerprint density at radius 2 is 1.83 bits per heavy atom. The second-order valence-corrected chi connectivity index (χ2v) is 6.33. The third kappa shape index (κ3) is 4.68. The number of amides is 1. The van der Waals surface area contributed by atoms with E-state index < -0.39 is 0 Å². The summed E-state index contributed by atoms with van der Waals surface area (Å²) in [6, 6.07) is 4.87. The van der Waals surface area contributed by atoms with Crippen LogP contribution in [0.3, 0.4) is 0 Å². The van der Waals surface area contributed by atoms with Crippen molar-refractivity contribution < 1.29 is 14.7 Å². The van der Waals surface area contributed by atoms with E-state index in [4.69, 9.17) is 11.6 Å². The molecule has 1 amide bonds. The summed E-state index contributed by atoms with van der Waals surface area (Å²) >= 11 is 6.21. The average molecular weight is 351 g/mol. The lowest BCUT2D eigenvalue weighted by Gasteiger charge is -2.11. The van der Waals surface area contributed by atoms with Gasteiger partial charge >= 0.3 is 0 Å². The van der Waals surface area contributed by atoms with Crippen LogP contribution >= 0.6 is 11.6 Å². The molecule has 0 aliphatic heterocycles. The fourth-order valence-electron chi connectivity index (χ4n) is 1.94. The number of ketones is 1. The van der Waals surface area contributed by atoms with Gasteiger partial charge in [-0.25, -0.2) is 0 Å². The summed E-state index contributed by atoms with van der Waals surface area (Å²) in [4.78, 5) is 28.3. The van der Waals surface area contributed by atoms with E-state index in [-0.39, 0.29) is 39.9 Å². The highest BCUT2D eigenvalue weighted by Crippen LogP contribution is 2.28. The molecule has 0 radical (unpaired) electrons. The average Bonchev–Trinajstić information content (AvgIpc) is 2.54. The molecule has 0 unspecified atom stereocenters. The molecule has 1 aromatic carbocycles. The van der Waals surface area contributed by atoms with Crippen LogP contribution in [-0.2, 0) is 4.79 Å². The van der Waals surface area contributed by atoms with Gasteiger partial charge in [-0.15, -0.1) is 0 Å². The first-order chi connectivity index (χ1) is 11.2. The monoisotopic (exact) mass is 350 g/mol. The van der Waals surface area contributed by atoms with Gasteiger partial charge in [0, 0.05) is 25.1 Å². The van der Waals surface area contributed by atoms with Crippen molar-refractivity contribution in [3.63, 3.8) is 0 Å². The zero-order valence-electron chi connectivity index (χ0n) is 14.6. The number of aliphatic hydroxyl groups is 1. The molecule has 0 fully saturated rings. The molecule has 0 spiro atoms. The van der Waals surface area contributed by atoms with E-state index in [1.165, 1.54) is 13.3 Å². The Labute approximate surface area is 147 Å². The standard InChI is InChI=1S/C18H23ClN2O3/c1-10(2)16(22)13(17(23)11(3)4)9-21-14-8-6-7-12(15(14)19)18(24)20-5/h6-11,22H,1-5H3,(H,20,24). The SMILES string of the molecule is CNC(=O)c1cccc(N=CC(C(=O)C(C)C)=C(O)C(C)C)c1Cl. The van der Waals surface area contributed by atoms with E-state index in [1.54, 1.807) is 45.9 Å². The molecule has 6 heteroatoms. The summed E-state index contributed by atoms with van der Waals surface area (Å²) in [6.45, 7) is 7.08. The normalized spacial score (nSPS) is 12.7. The number of hydrogen-bond donors (Lipinski definition) is 2. The number of benzene rings is 1. The Morgan fingerprint density at radius 3 is 2.33 bits per heavy atom. The number of nitrogens with one attached hydrogen (secondary N) is 1. The molecule has 2 N–H and O–H groups in total. The zero-order valence-corrected chi connectivity index (χ0v) is 15.3. The van der Waals surface area contributed by atoms with Crippen LogP contribution < -0.4 is 5.32 Å². The first-order valence-corrected chi connectivity index (χ1v) is 8.10. The Bertz CT molecular complexity index is 692. The summed E-state index contributed by atoms with van der Waals surface area (Å²) < 4.78 is 0. The van der Waals surface area contributed by atoms with Gasteiger partial charge in [0.05, 0.1) is 21.8 Å². The van der Waals surface area contributed by atoms with Gasteiger partial charge in [0.25, 0.3) is 5.91 Å². The lowest BCUT2D eigenvalue weighted by Crippen LogP contribution is -2.18. The predicted molar refractivity (Wildman–Crippen MR) is 97.3 cm³/mol. The van der Waals surface area contributed by atoms with Crippen LogP contribution in [0.2, 0.25) is 5.02 Å². The third-order valence-corrected chi connectivity index (χ3v) is 3.79. The van der Waals surface area contributed by atoms with Crippen molar-refractivity contribution in [2.75, 3.05) is 7.05 Å². The van der Waals surface area contributed by atoms with Gasteiger partial charge in [0.2, 0.25) is 0 Å². The van der Waals surface area contributed by atoms with E-state index in [9.17, 15) is 14.7 Å². The fraction of sp³-hybridized carbons (Fsp3) is 0.389. The predicted octanol–water partition coefficient (Wildman–Crippen LogP) is 4.10. The number of carbonyl (C=O) groups is 2. The fourth-order valence-corrected chi connectivity index (χ4v) is 2.20. The minimum absolute atomic E-state index is 0.0176. The molecule has 0 aliphatic rings. The van der Waals surface area contributed by atoms with Crippen LogP contribution in [0.5, 0.6) is 0 Å². The molecule has 0 saturated heterocycles. The number of Topliss-reactive ketones (excluding diaryl/α,β-unsaturated/α-hetero) is 1. The van der Waals surface area contributed by atoms with Crippen LogP contribution in [0.1, 0.15) is 38.1 Å². The van der Waals surface area contributed by atoms with E-state index in [1.807, 2.05) is 0 Å². The Balaban J connectivity index is 3.33. The summed E-state index contributed by atoms with van der Waals surface area (Å²) in [6.07, 6.45) is 1.31. The molecule has 5 nitrogen and oxygen atoms in total. The Kier molecular flexibility index (Phi) is 7.17. The zero-order chi connectivity index (χ0) is 18.4. The number of aliphatic imine (C=N–C) groups is 1. The molecule has 130 valence electrons. The van der Waals surface area contributed by atoms with Gasteiger partial charge in [-0.1, -0.05) is 45.4 Å². The smallest absolute Gasteiger partial charge is 0.252 e. The van der Waals surface area contributed by atoms with Gasteiger partial charge < -0.3 is 10.4 Å². The maximum atomic E-state index is 12.3. The van der Waals surface area contributed by atoms with Crippen LogP contribution in [0.15, 0.2) is 34.5 Å². The lowest BCUT2D eigenvalue weighted by atomic mass is 9.97. The van der Waals surface area contributed by atoms with Crippen molar-refractivity contribution in [1.29, 1.82) is 0 Å². The maximum Gasteiger partial charge on any atom is 0.252 e. The summed E-state index contributed by atoms with van der Waals surface area (Å²) in [5.41, 5.74) is 0.799. The summed E-state index contributed by atoms with van der Waals surface area (Å²) in [5, 5.41) is 12.9. The number of hydrogen-bond acceptors (Lipinski definition) is 4. The molecule has 1 rings (SSSR count). The highest BCUT2D eigenvalue weighted by molar-refractivity contribution is 6.36. The van der Waals surface area contributed by atoms with Crippen LogP contribution in [-0.4, -0.2) is 30.1 Å². The number of aliphatic hydroxyl groups excluding tert-OH is 1. The largest absolute Gasteiger partial charge is 0.511 e. The van der Waals surface area contributed by atoms with Crippen LogP contribution in [0.25, 0.3) is 0 Å². The van der Waals surface area contributed by atoms with E-state index in [0.717, 1.165) is 0 Å². The van der Waals surface area contributed by atoms with Gasteiger partial charge in [-0.3, -0.25) is 14.6 Å². The van der Waals surface area contributed by atoms with E-state index in [2.05, 4.69) is 10.3 Å². The van der Waals surface area contributed by atoms with Crippen molar-refractivity contribution in [2.24, 2.45) is 16.8 Å². The topological polar surface area (TPSA) is 78.8 Å². The Morgan fingerprint density at radius 1 is 1.21 bits per heavy atom. The molecule has 0 heterocycles. The molecule has 24 heavy (non-hydrogen) atoms. The first kappa shape index (κ1) is 19.9. The Hall–Kier alpha value is -2.14. The van der Waals surface area contributed by atoms with Crippen molar-refractivity contribution in [2.45, 2.75) is 27.7 Å². The molecule has 0 atom stereocenters.